The van der Waals surface area contributed by atoms with Gasteiger partial charge >= 0.3 is 6.18 Å². The Balaban J connectivity index is 1.66. The molecule has 1 aromatic heterocycles. The molecule has 0 radical (unpaired) electrons. The molecule has 1 atom stereocenters. The van der Waals surface area contributed by atoms with Crippen LogP contribution in [0.25, 0.3) is 0 Å². The van der Waals surface area contributed by atoms with Crippen LogP contribution < -0.4 is 10.1 Å². The molecule has 33 heavy (non-hydrogen) atoms. The molecule has 2 aliphatic rings. The second-order valence-electron chi connectivity index (χ2n) is 8.40. The second-order valence-corrected chi connectivity index (χ2v) is 10.3. The average molecular weight is 481 g/mol. The minimum Gasteiger partial charge on any atom is -0.438 e. The van der Waals surface area contributed by atoms with Crippen LogP contribution in [0.2, 0.25) is 0 Å². The predicted octanol–water partition coefficient (Wildman–Crippen LogP) is 3.93. The third kappa shape index (κ3) is 5.35. The summed E-state index contributed by atoms with van der Waals surface area (Å²) in [4.78, 5) is 20.9. The molecule has 2 aromatic rings. The summed E-state index contributed by atoms with van der Waals surface area (Å²) in [6, 6.07) is 7.71. The Morgan fingerprint density at radius 2 is 1.91 bits per heavy atom. The van der Waals surface area contributed by atoms with Crippen molar-refractivity contribution in [2.75, 3.05) is 6.26 Å². The molecule has 0 spiro atoms. The van der Waals surface area contributed by atoms with E-state index in [4.69, 9.17) is 4.74 Å². The van der Waals surface area contributed by atoms with Gasteiger partial charge in [-0.15, -0.1) is 0 Å². The lowest BCUT2D eigenvalue weighted by atomic mass is 10.1. The van der Waals surface area contributed by atoms with Gasteiger partial charge in [-0.25, -0.2) is 13.4 Å². The third-order valence-corrected chi connectivity index (χ3v) is 6.29. The fourth-order valence-corrected chi connectivity index (χ4v) is 3.88. The summed E-state index contributed by atoms with van der Waals surface area (Å²) in [7, 11) is -3.39. The number of sulfone groups is 1. The number of alkyl halides is 3. The van der Waals surface area contributed by atoms with E-state index in [1.165, 1.54) is 6.08 Å². The zero-order valence-corrected chi connectivity index (χ0v) is 18.5. The summed E-state index contributed by atoms with van der Waals surface area (Å²) in [5, 5.41) is 3.75. The van der Waals surface area contributed by atoms with E-state index < -0.39 is 39.2 Å². The Bertz CT molecular complexity index is 1180. The van der Waals surface area contributed by atoms with Gasteiger partial charge in [0, 0.05) is 17.9 Å². The fraction of sp³-hybridized carbons (Fsp3) is 0.409. The van der Waals surface area contributed by atoms with Crippen LogP contribution in [0.3, 0.4) is 0 Å². The van der Waals surface area contributed by atoms with Crippen molar-refractivity contribution in [2.24, 2.45) is 5.92 Å². The van der Waals surface area contributed by atoms with Gasteiger partial charge in [0.1, 0.15) is 22.6 Å². The molecule has 1 amide bonds. The number of aromatic nitrogens is 2. The first-order chi connectivity index (χ1) is 15.5. The van der Waals surface area contributed by atoms with Crippen molar-refractivity contribution in [1.29, 1.82) is 0 Å². The number of hydrogen-bond acceptors (Lipinski definition) is 6. The molecule has 1 heterocycles. The van der Waals surface area contributed by atoms with Gasteiger partial charge in [-0.1, -0.05) is 24.3 Å². The molecule has 0 saturated heterocycles. The van der Waals surface area contributed by atoms with Crippen LogP contribution in [0.1, 0.15) is 41.9 Å². The zero-order chi connectivity index (χ0) is 23.9. The number of nitrogens with zero attached hydrogens (tertiary/aromatic N) is 2. The number of carbonyl (C=O) groups is 1. The Labute approximate surface area is 189 Å². The third-order valence-electron chi connectivity index (χ3n) is 5.64. The van der Waals surface area contributed by atoms with Gasteiger partial charge < -0.3 is 10.1 Å². The van der Waals surface area contributed by atoms with Crippen molar-refractivity contribution >= 4 is 15.7 Å². The van der Waals surface area contributed by atoms with Gasteiger partial charge in [0.2, 0.25) is 5.88 Å². The van der Waals surface area contributed by atoms with Crippen LogP contribution in [-0.4, -0.2) is 42.8 Å². The van der Waals surface area contributed by atoms with E-state index in [1.54, 1.807) is 30.3 Å². The van der Waals surface area contributed by atoms with Crippen LogP contribution in [0.4, 0.5) is 13.2 Å². The number of para-hydroxylation sites is 1. The number of nitrogens with one attached hydrogen (secondary N) is 1. The van der Waals surface area contributed by atoms with Gasteiger partial charge in [0.05, 0.1) is 6.04 Å². The first kappa shape index (κ1) is 23.2. The standard InChI is InChI=1S/C22H22F3N3O4S/c1-33(30,31)12-9-17(14-7-8-14)27-18(29)16-13-26-20(21(10-11-21)22(23,24)25)28-19(16)32-15-5-3-2-4-6-15/h2-6,9,12-14,17H,7-8,10-11H2,1H3,(H,27,29)/b12-9+. The quantitative estimate of drug-likeness (QED) is 0.614. The first-order valence-corrected chi connectivity index (χ1v) is 12.3. The zero-order valence-electron chi connectivity index (χ0n) is 17.7. The van der Waals surface area contributed by atoms with Crippen molar-refractivity contribution in [3.8, 4) is 11.6 Å². The van der Waals surface area contributed by atoms with Crippen molar-refractivity contribution in [2.45, 2.75) is 43.3 Å². The SMILES string of the molecule is CS(=O)(=O)/C=C/C(NC(=O)c1cnc(C2(C(F)(F)F)CC2)nc1Oc1ccccc1)C1CC1. The molecule has 7 nitrogen and oxygen atoms in total. The topological polar surface area (TPSA) is 98.2 Å². The summed E-state index contributed by atoms with van der Waals surface area (Å²) in [6.07, 6.45) is 0.328. The largest absolute Gasteiger partial charge is 0.438 e. The van der Waals surface area contributed by atoms with Gasteiger partial charge in [0.15, 0.2) is 9.84 Å². The molecule has 2 saturated carbocycles. The average Bonchev–Trinajstić information content (AvgIpc) is 3.63. The predicted molar refractivity (Wildman–Crippen MR) is 113 cm³/mol. The summed E-state index contributed by atoms with van der Waals surface area (Å²) in [6.45, 7) is 0. The summed E-state index contributed by atoms with van der Waals surface area (Å²) >= 11 is 0. The Hall–Kier alpha value is -2.95. The van der Waals surface area contributed by atoms with E-state index in [-0.39, 0.29) is 30.2 Å². The maximum atomic E-state index is 13.6. The molecular formula is C22H22F3N3O4S. The maximum Gasteiger partial charge on any atom is 0.401 e. The Kier molecular flexibility index (Phi) is 5.94. The highest BCUT2D eigenvalue weighted by Crippen LogP contribution is 2.58. The number of carbonyl (C=O) groups excluding carboxylic acids is 1. The monoisotopic (exact) mass is 481 g/mol. The lowest BCUT2D eigenvalue weighted by molar-refractivity contribution is -0.162. The molecule has 2 aliphatic carbocycles. The number of amides is 1. The molecule has 2 fully saturated rings. The minimum absolute atomic E-state index is 0.0746. The summed E-state index contributed by atoms with van der Waals surface area (Å²) in [5.74, 6) is -1.03. The smallest absolute Gasteiger partial charge is 0.401 e. The lowest BCUT2D eigenvalue weighted by Crippen LogP contribution is -2.36. The van der Waals surface area contributed by atoms with E-state index in [1.807, 2.05) is 0 Å². The highest BCUT2D eigenvalue weighted by atomic mass is 32.2. The molecule has 0 bridgehead atoms. The number of halogens is 3. The lowest BCUT2D eigenvalue weighted by Gasteiger charge is -2.20. The summed E-state index contributed by atoms with van der Waals surface area (Å²) in [5.41, 5.74) is -2.27. The van der Waals surface area contributed by atoms with Crippen molar-refractivity contribution in [1.82, 2.24) is 15.3 Å². The molecule has 1 aromatic carbocycles. The van der Waals surface area contributed by atoms with Crippen molar-refractivity contribution in [3.63, 3.8) is 0 Å². The van der Waals surface area contributed by atoms with Gasteiger partial charge in [-0.05, 0) is 43.7 Å². The van der Waals surface area contributed by atoms with Crippen LogP contribution in [0, 0.1) is 5.92 Å². The van der Waals surface area contributed by atoms with Gasteiger partial charge in [-0.3, -0.25) is 4.79 Å². The number of benzene rings is 1. The number of rotatable bonds is 8. The van der Waals surface area contributed by atoms with Crippen LogP contribution in [-0.2, 0) is 15.3 Å². The van der Waals surface area contributed by atoms with Crippen LogP contribution in [0.5, 0.6) is 11.6 Å². The Morgan fingerprint density at radius 3 is 2.45 bits per heavy atom. The first-order valence-electron chi connectivity index (χ1n) is 10.3. The Morgan fingerprint density at radius 1 is 1.24 bits per heavy atom. The normalized spacial score (nSPS) is 18.7. The van der Waals surface area contributed by atoms with Crippen molar-refractivity contribution < 1.29 is 31.1 Å². The number of ether oxygens (including phenoxy) is 1. The van der Waals surface area contributed by atoms with Gasteiger partial charge in [0.25, 0.3) is 5.91 Å². The van der Waals surface area contributed by atoms with E-state index in [9.17, 15) is 26.4 Å². The molecule has 4 rings (SSSR count). The molecular weight excluding hydrogens is 459 g/mol. The molecule has 1 unspecified atom stereocenters. The van der Waals surface area contributed by atoms with Crippen molar-refractivity contribution in [3.05, 3.63) is 59.4 Å². The highest BCUT2D eigenvalue weighted by molar-refractivity contribution is 7.93. The van der Waals surface area contributed by atoms with Crippen LogP contribution >= 0.6 is 0 Å². The van der Waals surface area contributed by atoms with E-state index in [0.29, 0.717) is 5.75 Å². The highest BCUT2D eigenvalue weighted by Gasteiger charge is 2.66. The molecule has 1 N–H and O–H groups in total. The summed E-state index contributed by atoms with van der Waals surface area (Å²) < 4.78 is 69.4. The minimum atomic E-state index is -4.52. The van der Waals surface area contributed by atoms with E-state index >= 15 is 0 Å². The maximum absolute atomic E-state index is 13.6. The van der Waals surface area contributed by atoms with E-state index in [0.717, 1.165) is 30.7 Å². The second kappa shape index (κ2) is 8.44. The van der Waals surface area contributed by atoms with E-state index in [2.05, 4.69) is 15.3 Å². The number of hydrogen-bond donors (Lipinski definition) is 1. The van der Waals surface area contributed by atoms with Gasteiger partial charge in [-0.2, -0.15) is 18.2 Å². The molecule has 176 valence electrons. The fourth-order valence-electron chi connectivity index (χ4n) is 3.42. The molecule has 11 heteroatoms. The van der Waals surface area contributed by atoms with Crippen LogP contribution in [0.15, 0.2) is 48.0 Å². The molecule has 0 aliphatic heterocycles.